The second-order valence-corrected chi connectivity index (χ2v) is 8.35. The minimum Gasteiger partial charge on any atom is -0.421 e. The van der Waals surface area contributed by atoms with Gasteiger partial charge in [-0.05, 0) is 56.1 Å². The van der Waals surface area contributed by atoms with Crippen molar-refractivity contribution in [1.29, 1.82) is 0 Å². The van der Waals surface area contributed by atoms with Crippen LogP contribution in [-0.2, 0) is 11.2 Å². The van der Waals surface area contributed by atoms with Crippen molar-refractivity contribution in [3.63, 3.8) is 0 Å². The topological polar surface area (TPSA) is 85.0 Å². The van der Waals surface area contributed by atoms with Gasteiger partial charge in [-0.3, -0.25) is 4.79 Å². The lowest BCUT2D eigenvalue weighted by Gasteiger charge is -2.32. The number of likely N-dealkylation sites (tertiary alicyclic amines) is 1. The number of hydrogen-bond acceptors (Lipinski definition) is 7. The van der Waals surface area contributed by atoms with E-state index in [0.717, 1.165) is 48.9 Å². The maximum absolute atomic E-state index is 12.8. The van der Waals surface area contributed by atoms with Gasteiger partial charge in [-0.25, -0.2) is 0 Å². The summed E-state index contributed by atoms with van der Waals surface area (Å²) in [5.41, 5.74) is 2.33. The van der Waals surface area contributed by atoms with Crippen LogP contribution in [0, 0.1) is 18.8 Å². The van der Waals surface area contributed by atoms with E-state index in [0.29, 0.717) is 29.8 Å². The first-order valence-electron chi connectivity index (χ1n) is 10.3. The first-order chi connectivity index (χ1) is 14.0. The second kappa shape index (κ2) is 8.37. The molecule has 0 spiro atoms. The molecular weight excluding hydrogens is 366 g/mol. The second-order valence-electron chi connectivity index (χ2n) is 8.35. The largest absolute Gasteiger partial charge is 0.421 e. The first-order valence-corrected chi connectivity index (χ1v) is 10.3. The van der Waals surface area contributed by atoms with Gasteiger partial charge >= 0.3 is 0 Å². The molecule has 7 nitrogen and oxygen atoms in total. The molecule has 1 aliphatic heterocycles. The van der Waals surface area contributed by atoms with Crippen molar-refractivity contribution in [1.82, 2.24) is 25.3 Å². The summed E-state index contributed by atoms with van der Waals surface area (Å²) >= 11 is 0. The van der Waals surface area contributed by atoms with E-state index >= 15 is 0 Å². The molecule has 29 heavy (non-hydrogen) atoms. The predicted octanol–water partition coefficient (Wildman–Crippen LogP) is 3.47. The Kier molecular flexibility index (Phi) is 5.67. The average Bonchev–Trinajstić information content (AvgIpc) is 3.14. The summed E-state index contributed by atoms with van der Waals surface area (Å²) in [6.07, 6.45) is 2.21. The fourth-order valence-corrected chi connectivity index (χ4v) is 4.00. The number of carbonyl (C=O) groups excluding carboxylic acids is 1. The molecule has 4 rings (SSSR count). The van der Waals surface area contributed by atoms with Crippen molar-refractivity contribution in [3.8, 4) is 11.5 Å². The highest BCUT2D eigenvalue weighted by Crippen LogP contribution is 2.24. The zero-order chi connectivity index (χ0) is 20.4. The number of hydrogen-bond donors (Lipinski definition) is 0. The monoisotopic (exact) mass is 393 g/mol. The number of aromatic nitrogens is 4. The normalized spacial score (nSPS) is 16.0. The van der Waals surface area contributed by atoms with Crippen LogP contribution in [0.4, 0.5) is 0 Å². The van der Waals surface area contributed by atoms with Gasteiger partial charge in [-0.2, -0.15) is 10.2 Å². The van der Waals surface area contributed by atoms with Gasteiger partial charge in [0.25, 0.3) is 0 Å². The maximum Gasteiger partial charge on any atom is 0.247 e. The fraction of sp³-hybridized carbons (Fsp3) is 0.500. The molecule has 1 aliphatic rings. The summed E-state index contributed by atoms with van der Waals surface area (Å²) < 4.78 is 5.51. The van der Waals surface area contributed by atoms with Gasteiger partial charge in [0.1, 0.15) is 5.78 Å². The van der Waals surface area contributed by atoms with Crippen molar-refractivity contribution >= 4 is 16.7 Å². The predicted molar refractivity (Wildman–Crippen MR) is 110 cm³/mol. The summed E-state index contributed by atoms with van der Waals surface area (Å²) in [6.45, 7) is 9.36. The van der Waals surface area contributed by atoms with Crippen molar-refractivity contribution in [2.75, 3.05) is 19.6 Å². The average molecular weight is 393 g/mol. The van der Waals surface area contributed by atoms with Crippen LogP contribution in [0.25, 0.3) is 22.4 Å². The van der Waals surface area contributed by atoms with Crippen molar-refractivity contribution < 1.29 is 9.21 Å². The van der Waals surface area contributed by atoms with E-state index in [9.17, 15) is 4.79 Å². The Morgan fingerprint density at radius 3 is 2.62 bits per heavy atom. The van der Waals surface area contributed by atoms with E-state index in [1.165, 1.54) is 0 Å². The number of carbonyl (C=O) groups is 1. The number of Topliss-reactive ketones (excluding diaryl/α,β-unsaturated/α-hetero) is 1. The molecule has 0 radical (unpaired) electrons. The van der Waals surface area contributed by atoms with Crippen molar-refractivity contribution in [3.05, 3.63) is 35.9 Å². The molecule has 0 N–H and O–H groups in total. The van der Waals surface area contributed by atoms with E-state index < -0.39 is 0 Å². The molecule has 3 heterocycles. The summed E-state index contributed by atoms with van der Waals surface area (Å²) in [5, 5.41) is 17.4. The summed E-state index contributed by atoms with van der Waals surface area (Å²) in [6, 6.07) is 7.67. The number of nitrogens with zero attached hydrogens (tertiary/aromatic N) is 5. The third-order valence-electron chi connectivity index (χ3n) is 5.43. The first kappa shape index (κ1) is 19.6. The summed E-state index contributed by atoms with van der Waals surface area (Å²) in [4.78, 5) is 15.3. The highest BCUT2D eigenvalue weighted by atomic mass is 16.4. The Balaban J connectivity index is 1.44. The zero-order valence-corrected chi connectivity index (χ0v) is 17.3. The zero-order valence-electron chi connectivity index (χ0n) is 17.3. The van der Waals surface area contributed by atoms with Gasteiger partial charge < -0.3 is 9.32 Å². The van der Waals surface area contributed by atoms with Crippen LogP contribution in [0.3, 0.4) is 0 Å². The van der Waals surface area contributed by atoms with Gasteiger partial charge in [0.05, 0.1) is 17.6 Å². The Morgan fingerprint density at radius 2 is 1.93 bits per heavy atom. The van der Waals surface area contributed by atoms with Crippen LogP contribution in [0.15, 0.2) is 28.7 Å². The van der Waals surface area contributed by atoms with Gasteiger partial charge in [0.2, 0.25) is 11.8 Å². The van der Waals surface area contributed by atoms with Crippen molar-refractivity contribution in [2.45, 2.75) is 40.0 Å². The Morgan fingerprint density at radius 1 is 1.14 bits per heavy atom. The molecule has 1 aromatic carbocycles. The Hall–Kier alpha value is -2.67. The summed E-state index contributed by atoms with van der Waals surface area (Å²) in [5.74, 6) is 2.07. The van der Waals surface area contributed by atoms with Crippen LogP contribution < -0.4 is 0 Å². The van der Waals surface area contributed by atoms with Crippen LogP contribution in [-0.4, -0.2) is 50.7 Å². The molecule has 152 valence electrons. The quantitative estimate of drug-likeness (QED) is 0.634. The van der Waals surface area contributed by atoms with Crippen LogP contribution in [0.5, 0.6) is 0 Å². The van der Waals surface area contributed by atoms with E-state index in [4.69, 9.17) is 4.42 Å². The smallest absolute Gasteiger partial charge is 0.247 e. The molecule has 3 aromatic rings. The number of fused-ring (bicyclic) bond motifs is 1. The van der Waals surface area contributed by atoms with Gasteiger partial charge in [-0.1, -0.05) is 13.8 Å². The number of piperidine rings is 1. The molecule has 0 bridgehead atoms. The van der Waals surface area contributed by atoms with Crippen LogP contribution in [0.1, 0.15) is 38.3 Å². The molecule has 0 unspecified atom stereocenters. The molecule has 1 fully saturated rings. The lowest BCUT2D eigenvalue weighted by atomic mass is 9.90. The number of benzene rings is 1. The van der Waals surface area contributed by atoms with Crippen molar-refractivity contribution in [2.24, 2.45) is 11.8 Å². The van der Waals surface area contributed by atoms with Gasteiger partial charge in [0, 0.05) is 30.3 Å². The minimum atomic E-state index is 0.128. The maximum atomic E-state index is 12.8. The number of aryl methyl sites for hydroxylation is 1. The van der Waals surface area contributed by atoms with E-state index in [-0.39, 0.29) is 11.7 Å². The van der Waals surface area contributed by atoms with E-state index in [1.807, 2.05) is 24.3 Å². The molecule has 7 heteroatoms. The van der Waals surface area contributed by atoms with Crippen LogP contribution in [0.2, 0.25) is 0 Å². The lowest BCUT2D eigenvalue weighted by Crippen LogP contribution is -2.38. The lowest BCUT2D eigenvalue weighted by molar-refractivity contribution is -0.123. The molecule has 0 aliphatic carbocycles. The Labute approximate surface area is 170 Å². The third-order valence-corrected chi connectivity index (χ3v) is 5.43. The van der Waals surface area contributed by atoms with Gasteiger partial charge in [0.15, 0.2) is 0 Å². The highest BCUT2D eigenvalue weighted by molar-refractivity contribution is 5.86. The number of ketones is 1. The minimum absolute atomic E-state index is 0.128. The number of rotatable bonds is 6. The fourth-order valence-electron chi connectivity index (χ4n) is 4.00. The van der Waals surface area contributed by atoms with Gasteiger partial charge in [-0.15, -0.1) is 10.2 Å². The molecule has 0 atom stereocenters. The molecular formula is C22H27N5O2. The standard InChI is InChI=1S/C22H27N5O2/c1-14(2)13-27-8-6-16(7-9-27)21(28)12-19-11-18-10-17(4-5-20(18)25-24-19)22-26-23-15(3)29-22/h4-5,10-11,14,16H,6-9,12-13H2,1-3H3. The van der Waals surface area contributed by atoms with E-state index in [1.54, 1.807) is 6.92 Å². The van der Waals surface area contributed by atoms with Crippen LogP contribution >= 0.6 is 0 Å². The highest BCUT2D eigenvalue weighted by Gasteiger charge is 2.25. The summed E-state index contributed by atoms with van der Waals surface area (Å²) in [7, 11) is 0. The Bertz CT molecular complexity index is 1010. The van der Waals surface area contributed by atoms with E-state index in [2.05, 4.69) is 39.1 Å². The molecule has 0 saturated carbocycles. The third kappa shape index (κ3) is 4.67. The SMILES string of the molecule is Cc1nnc(-c2ccc3nnc(CC(=O)C4CCN(CC(C)C)CC4)cc3c2)o1. The molecule has 1 saturated heterocycles. The molecule has 0 amide bonds. The molecule has 2 aromatic heterocycles.